The summed E-state index contributed by atoms with van der Waals surface area (Å²) in [7, 11) is 1.33. The summed E-state index contributed by atoms with van der Waals surface area (Å²) < 4.78 is 15.3. The highest BCUT2D eigenvalue weighted by Crippen LogP contribution is 2.21. The molecule has 0 N–H and O–H groups in total. The molecule has 0 amide bonds. The third kappa shape index (κ3) is 6.29. The lowest BCUT2D eigenvalue weighted by Gasteiger charge is -2.20. The monoisotopic (exact) mass is 294 g/mol. The van der Waals surface area contributed by atoms with E-state index in [0.29, 0.717) is 11.3 Å². The minimum Gasteiger partial charge on any atom is -0.482 e. The maximum absolute atomic E-state index is 11.6. The summed E-state index contributed by atoms with van der Waals surface area (Å²) in [5, 5.41) is 0. The Morgan fingerprint density at radius 3 is 2.38 bits per heavy atom. The van der Waals surface area contributed by atoms with Crippen LogP contribution in [-0.2, 0) is 25.5 Å². The predicted molar refractivity (Wildman–Crippen MR) is 78.2 cm³/mol. The van der Waals surface area contributed by atoms with E-state index in [9.17, 15) is 9.59 Å². The third-order valence-electron chi connectivity index (χ3n) is 2.54. The van der Waals surface area contributed by atoms with Gasteiger partial charge in [0, 0.05) is 5.56 Å². The summed E-state index contributed by atoms with van der Waals surface area (Å²) >= 11 is 0. The third-order valence-corrected chi connectivity index (χ3v) is 2.54. The largest absolute Gasteiger partial charge is 0.482 e. The summed E-state index contributed by atoms with van der Waals surface area (Å²) in [6, 6.07) is 5.42. The Hall–Kier alpha value is -2.04. The van der Waals surface area contributed by atoms with Crippen LogP contribution in [0.4, 0.5) is 0 Å². The average molecular weight is 294 g/mol. The zero-order chi connectivity index (χ0) is 16.0. The van der Waals surface area contributed by atoms with E-state index in [-0.39, 0.29) is 19.0 Å². The van der Waals surface area contributed by atoms with Crippen LogP contribution in [0.25, 0.3) is 0 Å². The van der Waals surface area contributed by atoms with E-state index in [2.05, 4.69) is 4.74 Å². The first kappa shape index (κ1) is 17.0. The highest BCUT2D eigenvalue weighted by atomic mass is 16.6. The van der Waals surface area contributed by atoms with E-state index in [1.54, 1.807) is 26.8 Å². The normalized spacial score (nSPS) is 10.9. The van der Waals surface area contributed by atoms with Crippen LogP contribution >= 0.6 is 0 Å². The van der Waals surface area contributed by atoms with E-state index in [1.165, 1.54) is 7.11 Å². The molecule has 116 valence electrons. The number of ether oxygens (including phenoxy) is 3. The highest BCUT2D eigenvalue weighted by molar-refractivity contribution is 5.74. The summed E-state index contributed by atoms with van der Waals surface area (Å²) in [6.07, 6.45) is 0.0990. The number of rotatable bonds is 5. The Morgan fingerprint density at radius 2 is 1.81 bits per heavy atom. The number of carbonyl (C=O) groups is 2. The average Bonchev–Trinajstić information content (AvgIpc) is 2.35. The fourth-order valence-corrected chi connectivity index (χ4v) is 1.72. The minimum absolute atomic E-state index is 0.0990. The Balaban J connectivity index is 2.74. The number of carbonyl (C=O) groups excluding carboxylic acids is 2. The molecule has 0 atom stereocenters. The first-order valence-corrected chi connectivity index (χ1v) is 6.72. The second kappa shape index (κ2) is 7.11. The molecule has 1 aromatic rings. The molecular formula is C16H22O5. The van der Waals surface area contributed by atoms with Gasteiger partial charge in [0.15, 0.2) is 6.61 Å². The maximum atomic E-state index is 11.6. The Labute approximate surface area is 125 Å². The molecule has 0 bridgehead atoms. The van der Waals surface area contributed by atoms with Gasteiger partial charge in [-0.15, -0.1) is 0 Å². The van der Waals surface area contributed by atoms with Crippen molar-refractivity contribution < 1.29 is 23.8 Å². The predicted octanol–water partition coefficient (Wildman–Crippen LogP) is 2.43. The lowest BCUT2D eigenvalue weighted by Crippen LogP contribution is -2.27. The van der Waals surface area contributed by atoms with E-state index < -0.39 is 11.6 Å². The topological polar surface area (TPSA) is 61.8 Å². The molecule has 0 spiro atoms. The summed E-state index contributed by atoms with van der Waals surface area (Å²) in [5.41, 5.74) is 1.13. The molecule has 0 unspecified atom stereocenters. The minimum atomic E-state index is -0.553. The van der Waals surface area contributed by atoms with Crippen LogP contribution < -0.4 is 4.74 Å². The van der Waals surface area contributed by atoms with Crippen molar-refractivity contribution in [1.82, 2.24) is 0 Å². The van der Waals surface area contributed by atoms with Gasteiger partial charge < -0.3 is 14.2 Å². The lowest BCUT2D eigenvalue weighted by atomic mass is 10.1. The maximum Gasteiger partial charge on any atom is 0.344 e. The van der Waals surface area contributed by atoms with Crippen molar-refractivity contribution in [1.29, 1.82) is 0 Å². The van der Waals surface area contributed by atoms with Crippen molar-refractivity contribution in [2.24, 2.45) is 0 Å². The number of esters is 2. The first-order chi connectivity index (χ1) is 9.71. The van der Waals surface area contributed by atoms with Crippen molar-refractivity contribution in [2.75, 3.05) is 13.7 Å². The van der Waals surface area contributed by atoms with E-state index in [0.717, 1.165) is 5.56 Å². The van der Waals surface area contributed by atoms with Crippen molar-refractivity contribution in [3.05, 3.63) is 29.3 Å². The van der Waals surface area contributed by atoms with Gasteiger partial charge in [-0.05, 0) is 33.8 Å². The fourth-order valence-electron chi connectivity index (χ4n) is 1.72. The molecule has 0 radical (unpaired) electrons. The summed E-state index contributed by atoms with van der Waals surface area (Å²) in [4.78, 5) is 23.1. The number of hydrogen-bond donors (Lipinski definition) is 0. The van der Waals surface area contributed by atoms with Gasteiger partial charge >= 0.3 is 11.9 Å². The zero-order valence-corrected chi connectivity index (χ0v) is 13.2. The number of aryl methyl sites for hydroxylation is 1. The molecule has 0 aliphatic carbocycles. The lowest BCUT2D eigenvalue weighted by molar-refractivity contribution is -0.157. The van der Waals surface area contributed by atoms with Gasteiger partial charge in [0.05, 0.1) is 13.5 Å². The van der Waals surface area contributed by atoms with Crippen molar-refractivity contribution in [3.8, 4) is 5.75 Å². The van der Waals surface area contributed by atoms with Crippen LogP contribution in [0.2, 0.25) is 0 Å². The molecule has 1 aromatic carbocycles. The van der Waals surface area contributed by atoms with Gasteiger partial charge in [-0.2, -0.15) is 0 Å². The number of hydrogen-bond acceptors (Lipinski definition) is 5. The molecule has 5 nitrogen and oxygen atoms in total. The first-order valence-electron chi connectivity index (χ1n) is 6.72. The van der Waals surface area contributed by atoms with E-state index >= 15 is 0 Å². The molecule has 21 heavy (non-hydrogen) atoms. The molecule has 0 aliphatic heterocycles. The van der Waals surface area contributed by atoms with Crippen LogP contribution in [-0.4, -0.2) is 31.3 Å². The molecule has 0 saturated heterocycles. The molecule has 0 aliphatic rings. The summed E-state index contributed by atoms with van der Waals surface area (Å²) in [5.74, 6) is -0.327. The smallest absolute Gasteiger partial charge is 0.344 e. The molecular weight excluding hydrogens is 272 g/mol. The van der Waals surface area contributed by atoms with E-state index in [4.69, 9.17) is 9.47 Å². The SMILES string of the molecule is COC(=O)Cc1cc(C)ccc1OCC(=O)OC(C)(C)C. The molecule has 5 heteroatoms. The van der Waals surface area contributed by atoms with Crippen LogP contribution in [0.1, 0.15) is 31.9 Å². The van der Waals surface area contributed by atoms with Crippen LogP contribution in [0, 0.1) is 6.92 Å². The molecule has 1 rings (SSSR count). The van der Waals surface area contributed by atoms with Crippen LogP contribution in [0.15, 0.2) is 18.2 Å². The van der Waals surface area contributed by atoms with Crippen LogP contribution in [0.3, 0.4) is 0 Å². The van der Waals surface area contributed by atoms with Gasteiger partial charge in [-0.1, -0.05) is 17.7 Å². The zero-order valence-electron chi connectivity index (χ0n) is 13.2. The van der Waals surface area contributed by atoms with Gasteiger partial charge in [0.2, 0.25) is 0 Å². The second-order valence-corrected chi connectivity index (χ2v) is 5.74. The van der Waals surface area contributed by atoms with E-state index in [1.807, 2.05) is 19.1 Å². The fraction of sp³-hybridized carbons (Fsp3) is 0.500. The van der Waals surface area contributed by atoms with Gasteiger partial charge in [0.1, 0.15) is 11.4 Å². The standard InChI is InChI=1S/C16H22O5/c1-11-6-7-13(12(8-11)9-14(17)19-5)20-10-15(18)21-16(2,3)4/h6-8H,9-10H2,1-5H3. The van der Waals surface area contributed by atoms with Gasteiger partial charge in [-0.3, -0.25) is 4.79 Å². The summed E-state index contributed by atoms with van der Waals surface area (Å²) in [6.45, 7) is 7.09. The number of benzene rings is 1. The highest BCUT2D eigenvalue weighted by Gasteiger charge is 2.17. The van der Waals surface area contributed by atoms with Crippen LogP contribution in [0.5, 0.6) is 5.75 Å². The molecule has 0 fully saturated rings. The van der Waals surface area contributed by atoms with Crippen molar-refractivity contribution in [2.45, 2.75) is 39.7 Å². The molecule has 0 heterocycles. The quantitative estimate of drug-likeness (QED) is 0.780. The van der Waals surface area contributed by atoms with Crippen molar-refractivity contribution >= 4 is 11.9 Å². The van der Waals surface area contributed by atoms with Crippen molar-refractivity contribution in [3.63, 3.8) is 0 Å². The Morgan fingerprint density at radius 1 is 1.14 bits per heavy atom. The molecule has 0 saturated carbocycles. The Bertz CT molecular complexity index is 514. The van der Waals surface area contributed by atoms with Gasteiger partial charge in [-0.25, -0.2) is 4.79 Å². The second-order valence-electron chi connectivity index (χ2n) is 5.74. The Kier molecular flexibility index (Phi) is 5.76. The molecule has 0 aromatic heterocycles. The van der Waals surface area contributed by atoms with Gasteiger partial charge in [0.25, 0.3) is 0 Å². The number of methoxy groups -OCH3 is 1.